The molecule has 0 saturated heterocycles. The lowest BCUT2D eigenvalue weighted by atomic mass is 10.1. The maximum atomic E-state index is 13.8. The molecule has 1 aromatic heterocycles. The molecule has 0 saturated carbocycles. The van der Waals surface area contributed by atoms with E-state index in [1.54, 1.807) is 18.4 Å². The van der Waals surface area contributed by atoms with Gasteiger partial charge < -0.3 is 10.6 Å². The fourth-order valence-electron chi connectivity index (χ4n) is 2.25. The van der Waals surface area contributed by atoms with Crippen LogP contribution in [0.1, 0.15) is 36.9 Å². The minimum Gasteiger partial charge on any atom is -0.356 e. The molecular formula is C17H21F2N3S. The summed E-state index contributed by atoms with van der Waals surface area (Å²) in [6.45, 7) is 4.66. The summed E-state index contributed by atoms with van der Waals surface area (Å²) in [6, 6.07) is 5.37. The molecule has 0 amide bonds. The molecule has 0 aliphatic carbocycles. The molecule has 0 bridgehead atoms. The minimum atomic E-state index is -0.578. The normalized spacial score (nSPS) is 14.4. The lowest BCUT2D eigenvalue weighted by Crippen LogP contribution is -2.40. The number of hydrogen-bond donors (Lipinski definition) is 2. The Labute approximate surface area is 139 Å². The van der Waals surface area contributed by atoms with Crippen molar-refractivity contribution in [2.45, 2.75) is 25.8 Å². The van der Waals surface area contributed by atoms with Gasteiger partial charge in [-0.2, -0.15) is 11.3 Å². The van der Waals surface area contributed by atoms with E-state index in [0.29, 0.717) is 17.4 Å². The van der Waals surface area contributed by atoms with Crippen LogP contribution in [0.4, 0.5) is 8.78 Å². The molecule has 0 radical (unpaired) electrons. The van der Waals surface area contributed by atoms with Crippen LogP contribution in [0.3, 0.4) is 0 Å². The Hall–Kier alpha value is -1.95. The van der Waals surface area contributed by atoms with Crippen LogP contribution in [-0.2, 0) is 0 Å². The zero-order valence-electron chi connectivity index (χ0n) is 13.4. The van der Waals surface area contributed by atoms with E-state index in [1.165, 1.54) is 17.7 Å². The maximum Gasteiger partial charge on any atom is 0.191 e. The van der Waals surface area contributed by atoms with E-state index in [0.717, 1.165) is 12.6 Å². The summed E-state index contributed by atoms with van der Waals surface area (Å²) in [5.74, 6) is -0.210. The van der Waals surface area contributed by atoms with Gasteiger partial charge in [-0.1, -0.05) is 13.0 Å². The molecule has 124 valence electrons. The van der Waals surface area contributed by atoms with E-state index in [9.17, 15) is 8.78 Å². The van der Waals surface area contributed by atoms with Crippen molar-refractivity contribution in [1.82, 2.24) is 10.6 Å². The molecule has 2 rings (SSSR count). The molecule has 0 spiro atoms. The smallest absolute Gasteiger partial charge is 0.191 e. The van der Waals surface area contributed by atoms with E-state index in [1.807, 2.05) is 6.92 Å². The summed E-state index contributed by atoms with van der Waals surface area (Å²) in [5.41, 5.74) is 1.68. The highest BCUT2D eigenvalue weighted by atomic mass is 32.1. The molecule has 23 heavy (non-hydrogen) atoms. The molecule has 0 aliphatic rings. The van der Waals surface area contributed by atoms with E-state index in [-0.39, 0.29) is 6.04 Å². The molecule has 0 fully saturated rings. The van der Waals surface area contributed by atoms with Gasteiger partial charge in [-0.05, 0) is 41.3 Å². The zero-order chi connectivity index (χ0) is 16.8. The van der Waals surface area contributed by atoms with Crippen molar-refractivity contribution in [2.75, 3.05) is 13.6 Å². The Bertz CT molecular complexity index is 656. The average Bonchev–Trinajstić information content (AvgIpc) is 3.05. The van der Waals surface area contributed by atoms with Gasteiger partial charge in [-0.25, -0.2) is 8.78 Å². The predicted octanol–water partition coefficient (Wildman–Crippen LogP) is 4.06. The third-order valence-electron chi connectivity index (χ3n) is 3.69. The molecular weight excluding hydrogens is 316 g/mol. The fraction of sp³-hybridized carbons (Fsp3) is 0.353. The number of thiophene rings is 1. The number of benzene rings is 1. The first-order chi connectivity index (χ1) is 11.0. The van der Waals surface area contributed by atoms with E-state index >= 15 is 0 Å². The van der Waals surface area contributed by atoms with Crippen molar-refractivity contribution in [3.05, 3.63) is 57.8 Å². The Morgan fingerprint density at radius 1 is 1.26 bits per heavy atom. The molecule has 2 N–H and O–H groups in total. The lowest BCUT2D eigenvalue weighted by Gasteiger charge is -2.20. The summed E-state index contributed by atoms with van der Waals surface area (Å²) in [5, 5.41) is 10.5. The summed E-state index contributed by atoms with van der Waals surface area (Å²) in [6.07, 6.45) is 0. The van der Waals surface area contributed by atoms with Crippen molar-refractivity contribution in [2.24, 2.45) is 4.99 Å². The molecule has 2 unspecified atom stereocenters. The zero-order valence-corrected chi connectivity index (χ0v) is 14.3. The van der Waals surface area contributed by atoms with Crippen molar-refractivity contribution in [3.63, 3.8) is 0 Å². The second-order valence-corrected chi connectivity index (χ2v) is 6.22. The molecule has 0 aliphatic heterocycles. The number of halogens is 2. The van der Waals surface area contributed by atoms with Crippen molar-refractivity contribution >= 4 is 17.3 Å². The largest absolute Gasteiger partial charge is 0.356 e. The van der Waals surface area contributed by atoms with Gasteiger partial charge in [0.1, 0.15) is 11.6 Å². The molecule has 2 atom stereocenters. The first-order valence-corrected chi connectivity index (χ1v) is 8.39. The van der Waals surface area contributed by atoms with Gasteiger partial charge >= 0.3 is 0 Å². The summed E-state index contributed by atoms with van der Waals surface area (Å²) < 4.78 is 26.8. The Balaban J connectivity index is 1.94. The van der Waals surface area contributed by atoms with Crippen molar-refractivity contribution in [3.8, 4) is 0 Å². The number of hydrogen-bond acceptors (Lipinski definition) is 2. The number of nitrogens with one attached hydrogen (secondary N) is 2. The van der Waals surface area contributed by atoms with Crippen LogP contribution in [0.15, 0.2) is 40.0 Å². The van der Waals surface area contributed by atoms with E-state index in [4.69, 9.17) is 0 Å². The Morgan fingerprint density at radius 2 is 2.04 bits per heavy atom. The van der Waals surface area contributed by atoms with Gasteiger partial charge in [0.05, 0.1) is 6.04 Å². The second-order valence-electron chi connectivity index (χ2n) is 5.44. The number of aliphatic imine (C=N–C) groups is 1. The first-order valence-electron chi connectivity index (χ1n) is 7.45. The van der Waals surface area contributed by atoms with Gasteiger partial charge in [0.2, 0.25) is 0 Å². The highest BCUT2D eigenvalue weighted by Crippen LogP contribution is 2.18. The maximum absolute atomic E-state index is 13.8. The highest BCUT2D eigenvalue weighted by Gasteiger charge is 2.14. The number of nitrogens with zero attached hydrogens (tertiary/aromatic N) is 1. The van der Waals surface area contributed by atoms with Gasteiger partial charge in [-0.3, -0.25) is 4.99 Å². The summed E-state index contributed by atoms with van der Waals surface area (Å²) >= 11 is 1.67. The standard InChI is InChI=1S/C17H21F2N3S/c1-11(13-6-7-23-10-13)9-21-17(20-3)22-12(2)15-5-4-14(18)8-16(15)19/h4-8,10-12H,9H2,1-3H3,(H2,20,21,22). The second kappa shape index (κ2) is 8.06. The van der Waals surface area contributed by atoms with Crippen LogP contribution < -0.4 is 10.6 Å². The first kappa shape index (κ1) is 17.4. The highest BCUT2D eigenvalue weighted by molar-refractivity contribution is 7.07. The third kappa shape index (κ3) is 4.76. The van der Waals surface area contributed by atoms with Crippen LogP contribution in [0.5, 0.6) is 0 Å². The van der Waals surface area contributed by atoms with Gasteiger partial charge in [0.15, 0.2) is 5.96 Å². The van der Waals surface area contributed by atoms with Crippen molar-refractivity contribution in [1.29, 1.82) is 0 Å². The quantitative estimate of drug-likeness (QED) is 0.638. The van der Waals surface area contributed by atoms with Crippen LogP contribution in [0.2, 0.25) is 0 Å². The summed E-state index contributed by atoms with van der Waals surface area (Å²) in [7, 11) is 1.67. The van der Waals surface area contributed by atoms with E-state index in [2.05, 4.69) is 39.4 Å². The van der Waals surface area contributed by atoms with Gasteiger partial charge in [0, 0.05) is 25.2 Å². The lowest BCUT2D eigenvalue weighted by molar-refractivity contribution is 0.550. The van der Waals surface area contributed by atoms with Crippen LogP contribution in [-0.4, -0.2) is 19.6 Å². The molecule has 6 heteroatoms. The topological polar surface area (TPSA) is 36.4 Å². The molecule has 1 aromatic carbocycles. The number of guanidine groups is 1. The van der Waals surface area contributed by atoms with E-state index < -0.39 is 11.6 Å². The monoisotopic (exact) mass is 337 g/mol. The molecule has 2 aromatic rings. The van der Waals surface area contributed by atoms with Gasteiger partial charge in [-0.15, -0.1) is 0 Å². The molecule has 1 heterocycles. The SMILES string of the molecule is CN=C(NCC(C)c1ccsc1)NC(C)c1ccc(F)cc1F. The number of rotatable bonds is 5. The Kier molecular flexibility index (Phi) is 6.10. The fourth-order valence-corrected chi connectivity index (χ4v) is 3.04. The predicted molar refractivity (Wildman–Crippen MR) is 92.0 cm³/mol. The van der Waals surface area contributed by atoms with Gasteiger partial charge in [0.25, 0.3) is 0 Å². The average molecular weight is 337 g/mol. The minimum absolute atomic E-state index is 0.321. The van der Waals surface area contributed by atoms with Crippen LogP contribution >= 0.6 is 11.3 Å². The van der Waals surface area contributed by atoms with Crippen molar-refractivity contribution < 1.29 is 8.78 Å². The Morgan fingerprint density at radius 3 is 2.65 bits per heavy atom. The van der Waals surface area contributed by atoms with Crippen LogP contribution in [0, 0.1) is 11.6 Å². The van der Waals surface area contributed by atoms with Crippen LogP contribution in [0.25, 0.3) is 0 Å². The summed E-state index contributed by atoms with van der Waals surface area (Å²) in [4.78, 5) is 4.15. The third-order valence-corrected chi connectivity index (χ3v) is 4.40. The molecule has 3 nitrogen and oxygen atoms in total.